The summed E-state index contributed by atoms with van der Waals surface area (Å²) in [6.45, 7) is 5.92. The van der Waals surface area contributed by atoms with Crippen molar-refractivity contribution in [1.82, 2.24) is 0 Å². The molecule has 0 aliphatic carbocycles. The first-order chi connectivity index (χ1) is 6.63. The number of hydrogen-bond donors (Lipinski definition) is 1. The number of rotatable bonds is 9. The molecule has 0 rings (SSSR count). The summed E-state index contributed by atoms with van der Waals surface area (Å²) in [4.78, 5) is 10.2. The second kappa shape index (κ2) is 8.79. The van der Waals surface area contributed by atoms with Crippen molar-refractivity contribution in [2.45, 2.75) is 58.3 Å². The zero-order chi connectivity index (χ0) is 10.8. The Morgan fingerprint density at radius 1 is 1.00 bits per heavy atom. The first-order valence-electron chi connectivity index (χ1n) is 5.49. The molecule has 2 heteroatoms. The Morgan fingerprint density at radius 3 is 1.86 bits per heavy atom. The van der Waals surface area contributed by atoms with E-state index in [1.807, 2.05) is 0 Å². The van der Waals surface area contributed by atoms with E-state index in [1.165, 1.54) is 31.3 Å². The Morgan fingerprint density at radius 2 is 1.43 bits per heavy atom. The predicted octanol–water partition coefficient (Wildman–Crippen LogP) is 3.77. The molecule has 0 fully saturated rings. The third-order valence-electron chi connectivity index (χ3n) is 2.24. The summed E-state index contributed by atoms with van der Waals surface area (Å²) in [5, 5.41) is 8.41. The highest BCUT2D eigenvalue weighted by Gasteiger charge is 1.96. The zero-order valence-electron chi connectivity index (χ0n) is 9.22. The van der Waals surface area contributed by atoms with Crippen molar-refractivity contribution in [1.29, 1.82) is 0 Å². The van der Waals surface area contributed by atoms with Crippen molar-refractivity contribution in [3.05, 3.63) is 12.2 Å². The van der Waals surface area contributed by atoms with Crippen LogP contribution in [0.2, 0.25) is 0 Å². The van der Waals surface area contributed by atoms with Gasteiger partial charge in [-0.2, -0.15) is 0 Å². The molecule has 0 aromatic carbocycles. The van der Waals surface area contributed by atoms with Gasteiger partial charge in [0.25, 0.3) is 0 Å². The molecule has 0 amide bonds. The average Bonchev–Trinajstić information content (AvgIpc) is 2.08. The van der Waals surface area contributed by atoms with Crippen LogP contribution in [0.5, 0.6) is 0 Å². The highest BCUT2D eigenvalue weighted by Crippen LogP contribution is 2.10. The van der Waals surface area contributed by atoms with Crippen LogP contribution in [0.1, 0.15) is 58.3 Å². The van der Waals surface area contributed by atoms with Gasteiger partial charge in [-0.15, -0.1) is 6.58 Å². The van der Waals surface area contributed by atoms with Crippen molar-refractivity contribution in [3.8, 4) is 0 Å². The van der Waals surface area contributed by atoms with E-state index >= 15 is 0 Å². The normalized spacial score (nSPS) is 10.1. The van der Waals surface area contributed by atoms with E-state index in [0.717, 1.165) is 19.3 Å². The van der Waals surface area contributed by atoms with Gasteiger partial charge in [0, 0.05) is 6.42 Å². The maximum Gasteiger partial charge on any atom is 0.303 e. The van der Waals surface area contributed by atoms with Gasteiger partial charge in [0.15, 0.2) is 0 Å². The minimum Gasteiger partial charge on any atom is -0.481 e. The van der Waals surface area contributed by atoms with E-state index in [-0.39, 0.29) is 0 Å². The van der Waals surface area contributed by atoms with Crippen LogP contribution in [0.4, 0.5) is 0 Å². The standard InChI is InChI=1S/C12H22O2/c1-11(2)9-7-5-3-4-6-8-10-12(13)14/h1,3-10H2,2H3,(H,13,14). The topological polar surface area (TPSA) is 37.3 Å². The van der Waals surface area contributed by atoms with Gasteiger partial charge >= 0.3 is 5.97 Å². The molecule has 0 bridgehead atoms. The average molecular weight is 198 g/mol. The van der Waals surface area contributed by atoms with Gasteiger partial charge in [-0.3, -0.25) is 4.79 Å². The van der Waals surface area contributed by atoms with Crippen LogP contribution in [-0.4, -0.2) is 11.1 Å². The van der Waals surface area contributed by atoms with Crippen molar-refractivity contribution in [2.75, 3.05) is 0 Å². The molecule has 0 saturated carbocycles. The minimum absolute atomic E-state index is 0.325. The van der Waals surface area contributed by atoms with Gasteiger partial charge in [0.1, 0.15) is 0 Å². The maximum absolute atomic E-state index is 10.2. The Kier molecular flexibility index (Phi) is 8.30. The Balaban J connectivity index is 2.99. The first kappa shape index (κ1) is 13.2. The fourth-order valence-corrected chi connectivity index (χ4v) is 1.41. The monoisotopic (exact) mass is 198 g/mol. The van der Waals surface area contributed by atoms with Gasteiger partial charge in [0.05, 0.1) is 0 Å². The Bertz CT molecular complexity index is 153. The summed E-state index contributed by atoms with van der Waals surface area (Å²) in [5.74, 6) is -0.674. The second-order valence-electron chi connectivity index (χ2n) is 3.97. The second-order valence-corrected chi connectivity index (χ2v) is 3.97. The molecular weight excluding hydrogens is 176 g/mol. The van der Waals surface area contributed by atoms with Crippen LogP contribution >= 0.6 is 0 Å². The summed E-state index contributed by atoms with van der Waals surface area (Å²) in [7, 11) is 0. The van der Waals surface area contributed by atoms with Gasteiger partial charge in [0.2, 0.25) is 0 Å². The van der Waals surface area contributed by atoms with Crippen LogP contribution in [0.15, 0.2) is 12.2 Å². The van der Waals surface area contributed by atoms with Crippen LogP contribution < -0.4 is 0 Å². The molecule has 1 N–H and O–H groups in total. The fraction of sp³-hybridized carbons (Fsp3) is 0.750. The lowest BCUT2D eigenvalue weighted by Crippen LogP contribution is -1.93. The molecule has 2 nitrogen and oxygen atoms in total. The van der Waals surface area contributed by atoms with Crippen molar-refractivity contribution in [3.63, 3.8) is 0 Å². The molecule has 82 valence electrons. The minimum atomic E-state index is -0.674. The molecular formula is C12H22O2. The van der Waals surface area contributed by atoms with Crippen LogP contribution in [0, 0.1) is 0 Å². The van der Waals surface area contributed by atoms with Gasteiger partial charge in [-0.1, -0.05) is 31.3 Å². The van der Waals surface area contributed by atoms with Crippen molar-refractivity contribution >= 4 is 5.97 Å². The molecule has 0 spiro atoms. The summed E-state index contributed by atoms with van der Waals surface area (Å²) in [6, 6.07) is 0. The highest BCUT2D eigenvalue weighted by atomic mass is 16.4. The van der Waals surface area contributed by atoms with E-state index in [2.05, 4.69) is 13.5 Å². The third kappa shape index (κ3) is 11.2. The smallest absolute Gasteiger partial charge is 0.303 e. The molecule has 0 radical (unpaired) electrons. The van der Waals surface area contributed by atoms with Gasteiger partial charge in [-0.25, -0.2) is 0 Å². The SMILES string of the molecule is C=C(C)CCCCCCCCC(=O)O. The molecule has 0 aromatic heterocycles. The van der Waals surface area contributed by atoms with Gasteiger partial charge < -0.3 is 5.11 Å². The molecule has 0 saturated heterocycles. The number of allylic oxidation sites excluding steroid dienone is 1. The van der Waals surface area contributed by atoms with Crippen LogP contribution in [0.3, 0.4) is 0 Å². The Labute approximate surface area is 87.0 Å². The van der Waals surface area contributed by atoms with E-state index in [1.54, 1.807) is 0 Å². The van der Waals surface area contributed by atoms with E-state index in [4.69, 9.17) is 5.11 Å². The van der Waals surface area contributed by atoms with Crippen molar-refractivity contribution in [2.24, 2.45) is 0 Å². The lowest BCUT2D eigenvalue weighted by atomic mass is 10.1. The summed E-state index contributed by atoms with van der Waals surface area (Å²) >= 11 is 0. The molecule has 0 atom stereocenters. The number of aliphatic carboxylic acids is 1. The number of hydrogen-bond acceptors (Lipinski definition) is 1. The van der Waals surface area contributed by atoms with E-state index in [9.17, 15) is 4.79 Å². The van der Waals surface area contributed by atoms with Crippen LogP contribution in [-0.2, 0) is 4.79 Å². The quantitative estimate of drug-likeness (QED) is 0.452. The molecule has 0 aliphatic rings. The fourth-order valence-electron chi connectivity index (χ4n) is 1.41. The largest absolute Gasteiger partial charge is 0.481 e. The maximum atomic E-state index is 10.2. The highest BCUT2D eigenvalue weighted by molar-refractivity contribution is 5.66. The third-order valence-corrected chi connectivity index (χ3v) is 2.24. The summed E-state index contributed by atoms with van der Waals surface area (Å²) in [5.41, 5.74) is 1.26. The zero-order valence-corrected chi connectivity index (χ0v) is 9.22. The molecule has 0 aliphatic heterocycles. The predicted molar refractivity (Wildman–Crippen MR) is 59.4 cm³/mol. The lowest BCUT2D eigenvalue weighted by Gasteiger charge is -2.00. The van der Waals surface area contributed by atoms with Crippen LogP contribution in [0.25, 0.3) is 0 Å². The summed E-state index contributed by atoms with van der Waals surface area (Å²) < 4.78 is 0. The van der Waals surface area contributed by atoms with Crippen molar-refractivity contribution < 1.29 is 9.90 Å². The number of unbranched alkanes of at least 4 members (excludes halogenated alkanes) is 5. The molecule has 0 unspecified atom stereocenters. The molecule has 0 aromatic rings. The van der Waals surface area contributed by atoms with E-state index < -0.39 is 5.97 Å². The summed E-state index contributed by atoms with van der Waals surface area (Å²) in [6.07, 6.45) is 8.22. The van der Waals surface area contributed by atoms with Gasteiger partial charge in [-0.05, 0) is 26.2 Å². The molecule has 0 heterocycles. The number of carboxylic acid groups (broad SMARTS) is 1. The first-order valence-corrected chi connectivity index (χ1v) is 5.49. The molecule has 14 heavy (non-hydrogen) atoms. The Hall–Kier alpha value is -0.790. The number of carbonyl (C=O) groups is 1. The van der Waals surface area contributed by atoms with E-state index in [0.29, 0.717) is 6.42 Å². The number of carboxylic acids is 1. The lowest BCUT2D eigenvalue weighted by molar-refractivity contribution is -0.137.